The van der Waals surface area contributed by atoms with Gasteiger partial charge < -0.3 is 24.8 Å². The molecule has 1 aliphatic rings. The van der Waals surface area contributed by atoms with Gasteiger partial charge in [0.15, 0.2) is 5.69 Å². The number of pyridine rings is 1. The summed E-state index contributed by atoms with van der Waals surface area (Å²) in [6.07, 6.45) is 4.90. The summed E-state index contributed by atoms with van der Waals surface area (Å²) in [4.78, 5) is 4.69. The lowest BCUT2D eigenvalue weighted by molar-refractivity contribution is -0.870. The molecule has 0 unspecified atom stereocenters. The highest BCUT2D eigenvalue weighted by Crippen LogP contribution is 2.33. The van der Waals surface area contributed by atoms with Crippen molar-refractivity contribution in [1.82, 2.24) is 9.61 Å². The van der Waals surface area contributed by atoms with Crippen LogP contribution in [0.15, 0.2) is 53.0 Å². The molecule has 0 atom stereocenters. The number of aliphatic hydroxyl groups is 1. The van der Waals surface area contributed by atoms with Gasteiger partial charge in [-0.05, 0) is 18.2 Å². The summed E-state index contributed by atoms with van der Waals surface area (Å²) < 4.78 is 13.8. The minimum Gasteiger partial charge on any atom is -0.489 e. The van der Waals surface area contributed by atoms with E-state index in [1.807, 2.05) is 24.4 Å². The van der Waals surface area contributed by atoms with Gasteiger partial charge >= 0.3 is 0 Å². The lowest BCUT2D eigenvalue weighted by Crippen LogP contribution is -2.38. The standard InChI is InChI=1S/C20H27N6O3/c1-26(2,3)8-10-29-20-19(17-6-4-5-7-25(17)24-20)23-16-13-18(28-11-9-27)15(22)12-14(16)21/h4-7,12-13,22,27H,8-11,21H2,1-3H3/q+1/b22-15?,23-16+. The Labute approximate surface area is 169 Å². The number of fused-ring (bicyclic) bond motifs is 1. The Morgan fingerprint density at radius 1 is 1.21 bits per heavy atom. The molecule has 9 heteroatoms. The van der Waals surface area contributed by atoms with E-state index in [1.165, 1.54) is 6.08 Å². The van der Waals surface area contributed by atoms with Crippen molar-refractivity contribution >= 4 is 22.6 Å². The second-order valence-corrected chi connectivity index (χ2v) is 7.64. The summed E-state index contributed by atoms with van der Waals surface area (Å²) in [6, 6.07) is 5.68. The number of hydrogen-bond donors (Lipinski definition) is 3. The molecule has 1 aliphatic carbocycles. The van der Waals surface area contributed by atoms with Crippen molar-refractivity contribution in [3.8, 4) is 5.88 Å². The monoisotopic (exact) mass is 399 g/mol. The molecule has 154 valence electrons. The van der Waals surface area contributed by atoms with E-state index in [2.05, 4.69) is 31.2 Å². The molecule has 0 saturated carbocycles. The summed E-state index contributed by atoms with van der Waals surface area (Å²) in [5, 5.41) is 21.5. The van der Waals surface area contributed by atoms with E-state index in [1.54, 1.807) is 10.6 Å². The maximum atomic E-state index is 8.98. The van der Waals surface area contributed by atoms with Gasteiger partial charge in [-0.15, -0.1) is 5.10 Å². The molecule has 2 aromatic rings. The Kier molecular flexibility index (Phi) is 6.00. The number of allylic oxidation sites excluding steroid dienone is 2. The van der Waals surface area contributed by atoms with Gasteiger partial charge in [0.2, 0.25) is 0 Å². The number of nitrogens with zero attached hydrogens (tertiary/aromatic N) is 4. The summed E-state index contributed by atoms with van der Waals surface area (Å²) in [5.41, 5.74) is 8.36. The molecular weight excluding hydrogens is 372 g/mol. The number of likely N-dealkylation sites (N-methyl/N-ethyl adjacent to an activating group) is 1. The Bertz CT molecular complexity index is 997. The van der Waals surface area contributed by atoms with Crippen LogP contribution in [0.3, 0.4) is 0 Å². The SMILES string of the molecule is C[N+](C)(C)CCOc1nn2ccccc2c1/N=C1\C=C(OCCO)C(=N)C=C1N. The van der Waals surface area contributed by atoms with Crippen LogP contribution in [0.2, 0.25) is 0 Å². The summed E-state index contributed by atoms with van der Waals surface area (Å²) >= 11 is 0. The molecule has 4 N–H and O–H groups in total. The third kappa shape index (κ3) is 5.01. The van der Waals surface area contributed by atoms with E-state index < -0.39 is 0 Å². The van der Waals surface area contributed by atoms with Crippen LogP contribution in [-0.2, 0) is 4.74 Å². The third-order valence-corrected chi connectivity index (χ3v) is 4.19. The zero-order valence-electron chi connectivity index (χ0n) is 16.9. The molecule has 0 radical (unpaired) electrons. The van der Waals surface area contributed by atoms with E-state index in [0.29, 0.717) is 35.3 Å². The van der Waals surface area contributed by atoms with Gasteiger partial charge in [0, 0.05) is 12.3 Å². The van der Waals surface area contributed by atoms with E-state index in [-0.39, 0.29) is 18.9 Å². The maximum Gasteiger partial charge on any atom is 0.260 e. The first-order valence-electron chi connectivity index (χ1n) is 9.29. The van der Waals surface area contributed by atoms with Crippen molar-refractivity contribution < 1.29 is 19.1 Å². The minimum absolute atomic E-state index is 0.0887. The van der Waals surface area contributed by atoms with E-state index >= 15 is 0 Å². The zero-order valence-corrected chi connectivity index (χ0v) is 16.9. The molecule has 0 saturated heterocycles. The Balaban J connectivity index is 1.99. The third-order valence-electron chi connectivity index (χ3n) is 4.19. The van der Waals surface area contributed by atoms with Gasteiger partial charge in [0.25, 0.3) is 5.88 Å². The quantitative estimate of drug-likeness (QED) is 0.456. The molecule has 9 nitrogen and oxygen atoms in total. The fourth-order valence-electron chi connectivity index (χ4n) is 2.66. The molecular formula is C20H27N6O3+. The average molecular weight is 399 g/mol. The Morgan fingerprint density at radius 2 is 2.00 bits per heavy atom. The van der Waals surface area contributed by atoms with Gasteiger partial charge in [0.1, 0.15) is 25.5 Å². The fourth-order valence-corrected chi connectivity index (χ4v) is 2.66. The second kappa shape index (κ2) is 8.46. The predicted molar refractivity (Wildman–Crippen MR) is 112 cm³/mol. The number of nitrogens with two attached hydrogens (primary N) is 1. The van der Waals surface area contributed by atoms with Gasteiger partial charge in [-0.3, -0.25) is 5.41 Å². The van der Waals surface area contributed by atoms with Crippen LogP contribution >= 0.6 is 0 Å². The van der Waals surface area contributed by atoms with Gasteiger partial charge in [-0.25, -0.2) is 9.51 Å². The Hall–Kier alpha value is -3.17. The smallest absolute Gasteiger partial charge is 0.260 e. The number of ether oxygens (including phenoxy) is 2. The molecule has 2 heterocycles. The molecule has 3 rings (SSSR count). The number of aromatic nitrogens is 2. The van der Waals surface area contributed by atoms with Crippen molar-refractivity contribution in [2.75, 3.05) is 47.5 Å². The number of quaternary nitrogens is 1. The predicted octanol–water partition coefficient (Wildman–Crippen LogP) is 1.26. The molecule has 0 bridgehead atoms. The van der Waals surface area contributed by atoms with Crippen LogP contribution in [0.1, 0.15) is 0 Å². The van der Waals surface area contributed by atoms with Crippen LogP contribution in [-0.4, -0.2) is 78.1 Å². The molecule has 2 aromatic heterocycles. The first-order chi connectivity index (χ1) is 13.8. The maximum absolute atomic E-state index is 8.98. The summed E-state index contributed by atoms with van der Waals surface area (Å²) in [6.45, 7) is 1.24. The van der Waals surface area contributed by atoms with Crippen molar-refractivity contribution in [2.45, 2.75) is 0 Å². The number of nitrogens with one attached hydrogen (secondary N) is 1. The summed E-state index contributed by atoms with van der Waals surface area (Å²) in [7, 11) is 6.28. The van der Waals surface area contributed by atoms with Crippen LogP contribution in [0.4, 0.5) is 5.69 Å². The number of aliphatic hydroxyl groups excluding tert-OH is 1. The van der Waals surface area contributed by atoms with E-state index in [4.69, 9.17) is 25.7 Å². The lowest BCUT2D eigenvalue weighted by atomic mass is 10.1. The number of rotatable bonds is 8. The highest BCUT2D eigenvalue weighted by atomic mass is 16.5. The van der Waals surface area contributed by atoms with Crippen molar-refractivity contribution in [3.63, 3.8) is 0 Å². The van der Waals surface area contributed by atoms with Gasteiger partial charge in [-0.2, -0.15) is 0 Å². The first kappa shape index (κ1) is 20.6. The highest BCUT2D eigenvalue weighted by molar-refractivity contribution is 6.22. The van der Waals surface area contributed by atoms with E-state index in [0.717, 1.165) is 16.5 Å². The average Bonchev–Trinajstić information content (AvgIpc) is 2.99. The molecule has 0 amide bonds. The van der Waals surface area contributed by atoms with Gasteiger partial charge in [-0.1, -0.05) is 6.07 Å². The van der Waals surface area contributed by atoms with Crippen molar-refractivity contribution in [2.24, 2.45) is 10.7 Å². The van der Waals surface area contributed by atoms with Crippen LogP contribution in [0, 0.1) is 5.41 Å². The largest absolute Gasteiger partial charge is 0.489 e. The normalized spacial score (nSPS) is 16.1. The zero-order chi connectivity index (χ0) is 21.0. The molecule has 29 heavy (non-hydrogen) atoms. The fraction of sp³-hybridized carbons (Fsp3) is 0.350. The van der Waals surface area contributed by atoms with Crippen LogP contribution in [0.25, 0.3) is 5.52 Å². The van der Waals surface area contributed by atoms with Gasteiger partial charge in [0.05, 0.1) is 50.4 Å². The minimum atomic E-state index is -0.144. The first-order valence-corrected chi connectivity index (χ1v) is 9.29. The molecule has 0 fully saturated rings. The van der Waals surface area contributed by atoms with Crippen molar-refractivity contribution in [3.05, 3.63) is 48.0 Å². The number of hydrogen-bond acceptors (Lipinski definition) is 7. The molecule has 0 spiro atoms. The molecule has 0 aliphatic heterocycles. The molecule has 0 aromatic carbocycles. The lowest BCUT2D eigenvalue weighted by Gasteiger charge is -2.23. The summed E-state index contributed by atoms with van der Waals surface area (Å²) in [5.74, 6) is 0.716. The van der Waals surface area contributed by atoms with Crippen LogP contribution in [0.5, 0.6) is 5.88 Å². The van der Waals surface area contributed by atoms with Crippen LogP contribution < -0.4 is 10.5 Å². The highest BCUT2D eigenvalue weighted by Gasteiger charge is 2.20. The van der Waals surface area contributed by atoms with Crippen molar-refractivity contribution in [1.29, 1.82) is 5.41 Å². The Morgan fingerprint density at radius 3 is 2.72 bits per heavy atom. The van der Waals surface area contributed by atoms with E-state index in [9.17, 15) is 0 Å². The second-order valence-electron chi connectivity index (χ2n) is 7.64. The number of aliphatic imine (C=N–C) groups is 1. The topological polar surface area (TPSA) is 118 Å².